The number of aliphatic imine (C=N–C) groups is 1. The molecule has 0 amide bonds. The van der Waals surface area contributed by atoms with E-state index in [2.05, 4.69) is 13.0 Å². The first-order valence-corrected chi connectivity index (χ1v) is 9.26. The van der Waals surface area contributed by atoms with Crippen LogP contribution in [-0.4, -0.2) is 26.7 Å². The molecular formula is C24H23NO3. The van der Waals surface area contributed by atoms with Crippen LogP contribution >= 0.6 is 0 Å². The van der Waals surface area contributed by atoms with Gasteiger partial charge in [0.15, 0.2) is 5.60 Å². The minimum absolute atomic E-state index is 0.442. The quantitative estimate of drug-likeness (QED) is 0.649. The van der Waals surface area contributed by atoms with Gasteiger partial charge in [-0.15, -0.1) is 0 Å². The molecule has 0 saturated heterocycles. The van der Waals surface area contributed by atoms with Gasteiger partial charge in [-0.25, -0.2) is 4.99 Å². The van der Waals surface area contributed by atoms with Crippen molar-refractivity contribution in [1.29, 1.82) is 0 Å². The van der Waals surface area contributed by atoms with Gasteiger partial charge in [0.25, 0.3) is 0 Å². The van der Waals surface area contributed by atoms with Crippen LogP contribution in [0.5, 0.6) is 11.5 Å². The number of hydrogen-bond acceptors (Lipinski definition) is 4. The van der Waals surface area contributed by atoms with E-state index in [4.69, 9.17) is 19.2 Å². The van der Waals surface area contributed by atoms with Crippen molar-refractivity contribution in [3.05, 3.63) is 95.1 Å². The zero-order valence-electron chi connectivity index (χ0n) is 16.3. The molecule has 28 heavy (non-hydrogen) atoms. The molecule has 142 valence electrons. The third-order valence-corrected chi connectivity index (χ3v) is 5.18. The molecule has 0 saturated carbocycles. The molecule has 1 aliphatic heterocycles. The molecule has 3 aromatic carbocycles. The van der Waals surface area contributed by atoms with E-state index in [-0.39, 0.29) is 0 Å². The SMILES string of the molecule is COc1ccccc1C1(c2ccccc2OC)CN=C(c2ccccc2C)O1. The Kier molecular flexibility index (Phi) is 4.78. The number of methoxy groups -OCH3 is 2. The van der Waals surface area contributed by atoms with E-state index in [0.717, 1.165) is 33.8 Å². The van der Waals surface area contributed by atoms with E-state index in [1.807, 2.05) is 66.7 Å². The molecule has 0 aliphatic carbocycles. The minimum Gasteiger partial charge on any atom is -0.496 e. The van der Waals surface area contributed by atoms with E-state index in [1.165, 1.54) is 0 Å². The minimum atomic E-state index is -0.823. The van der Waals surface area contributed by atoms with Gasteiger partial charge < -0.3 is 14.2 Å². The molecule has 0 aromatic heterocycles. The lowest BCUT2D eigenvalue weighted by Gasteiger charge is -2.32. The largest absolute Gasteiger partial charge is 0.496 e. The molecule has 4 heteroatoms. The van der Waals surface area contributed by atoms with Gasteiger partial charge in [-0.05, 0) is 30.7 Å². The molecule has 1 aliphatic rings. The zero-order valence-corrected chi connectivity index (χ0v) is 16.3. The maximum absolute atomic E-state index is 6.66. The van der Waals surface area contributed by atoms with Gasteiger partial charge in [0.2, 0.25) is 5.90 Å². The summed E-state index contributed by atoms with van der Waals surface area (Å²) in [5.74, 6) is 2.15. The van der Waals surface area contributed by atoms with Crippen LogP contribution in [0.2, 0.25) is 0 Å². The highest BCUT2D eigenvalue weighted by Crippen LogP contribution is 2.46. The predicted octanol–water partition coefficient (Wildman–Crippen LogP) is 4.73. The molecule has 0 unspecified atom stereocenters. The molecule has 0 bridgehead atoms. The van der Waals surface area contributed by atoms with Crippen LogP contribution in [-0.2, 0) is 10.3 Å². The summed E-state index contributed by atoms with van der Waals surface area (Å²) < 4.78 is 18.0. The topological polar surface area (TPSA) is 40.0 Å². The highest BCUT2D eigenvalue weighted by molar-refractivity contribution is 5.97. The molecule has 0 N–H and O–H groups in total. The second-order valence-corrected chi connectivity index (χ2v) is 6.77. The van der Waals surface area contributed by atoms with E-state index < -0.39 is 5.60 Å². The number of nitrogens with zero attached hydrogens (tertiary/aromatic N) is 1. The Hall–Kier alpha value is -3.27. The average molecular weight is 373 g/mol. The second-order valence-electron chi connectivity index (χ2n) is 6.77. The van der Waals surface area contributed by atoms with Gasteiger partial charge in [0.1, 0.15) is 11.5 Å². The lowest BCUT2D eigenvalue weighted by atomic mass is 9.85. The lowest BCUT2D eigenvalue weighted by molar-refractivity contribution is 0.125. The fourth-order valence-electron chi connectivity index (χ4n) is 3.75. The van der Waals surface area contributed by atoms with Gasteiger partial charge in [-0.2, -0.15) is 0 Å². The van der Waals surface area contributed by atoms with Crippen molar-refractivity contribution in [1.82, 2.24) is 0 Å². The smallest absolute Gasteiger partial charge is 0.217 e. The standard InChI is InChI=1S/C24H23NO3/c1-17-10-4-5-11-18(17)23-25-16-24(28-23,19-12-6-8-14-21(19)26-2)20-13-7-9-15-22(20)27-3/h4-15H,16H2,1-3H3. The van der Waals surface area contributed by atoms with Crippen LogP contribution in [0.3, 0.4) is 0 Å². The summed E-state index contributed by atoms with van der Waals surface area (Å²) in [5, 5.41) is 0. The Morgan fingerprint density at radius 3 is 1.89 bits per heavy atom. The Labute approximate surface area is 165 Å². The molecule has 0 atom stereocenters. The Balaban J connectivity index is 1.89. The van der Waals surface area contributed by atoms with Crippen molar-refractivity contribution in [2.24, 2.45) is 4.99 Å². The molecule has 4 nitrogen and oxygen atoms in total. The average Bonchev–Trinajstić information content (AvgIpc) is 3.20. The summed E-state index contributed by atoms with van der Waals surface area (Å²) in [4.78, 5) is 4.81. The fourth-order valence-corrected chi connectivity index (χ4v) is 3.75. The summed E-state index contributed by atoms with van der Waals surface area (Å²) in [6, 6.07) is 24.0. The van der Waals surface area contributed by atoms with Crippen LogP contribution in [0.1, 0.15) is 22.3 Å². The van der Waals surface area contributed by atoms with Crippen LogP contribution in [0.25, 0.3) is 0 Å². The third kappa shape index (κ3) is 2.91. The summed E-state index contributed by atoms with van der Waals surface area (Å²) >= 11 is 0. The Morgan fingerprint density at radius 2 is 1.32 bits per heavy atom. The fraction of sp³-hybridized carbons (Fsp3) is 0.208. The molecule has 4 rings (SSSR count). The summed E-state index contributed by atoms with van der Waals surface area (Å²) in [7, 11) is 3.35. The first-order valence-electron chi connectivity index (χ1n) is 9.26. The summed E-state index contributed by atoms with van der Waals surface area (Å²) in [6.45, 7) is 2.50. The van der Waals surface area contributed by atoms with Crippen molar-refractivity contribution in [3.8, 4) is 11.5 Å². The second kappa shape index (κ2) is 7.39. The number of benzene rings is 3. The Morgan fingerprint density at radius 1 is 0.786 bits per heavy atom. The first-order chi connectivity index (χ1) is 13.7. The molecule has 0 spiro atoms. The maximum atomic E-state index is 6.66. The van der Waals surface area contributed by atoms with Crippen LogP contribution in [0.4, 0.5) is 0 Å². The van der Waals surface area contributed by atoms with Crippen molar-refractivity contribution < 1.29 is 14.2 Å². The molecule has 0 fully saturated rings. The van der Waals surface area contributed by atoms with Gasteiger partial charge >= 0.3 is 0 Å². The lowest BCUT2D eigenvalue weighted by Crippen LogP contribution is -2.33. The van der Waals surface area contributed by atoms with Crippen LogP contribution in [0.15, 0.2) is 77.8 Å². The van der Waals surface area contributed by atoms with Crippen molar-refractivity contribution in [3.63, 3.8) is 0 Å². The molecule has 3 aromatic rings. The monoisotopic (exact) mass is 373 g/mol. The Bertz CT molecular complexity index is 978. The summed E-state index contributed by atoms with van der Waals surface area (Å²) in [6.07, 6.45) is 0. The van der Waals surface area contributed by atoms with Crippen LogP contribution in [0, 0.1) is 6.92 Å². The van der Waals surface area contributed by atoms with Crippen molar-refractivity contribution in [2.75, 3.05) is 20.8 Å². The first kappa shape index (κ1) is 18.1. The number of rotatable bonds is 5. The predicted molar refractivity (Wildman–Crippen MR) is 110 cm³/mol. The van der Waals surface area contributed by atoms with Crippen molar-refractivity contribution >= 4 is 5.90 Å². The summed E-state index contributed by atoms with van der Waals surface area (Å²) in [5.41, 5.74) is 3.14. The van der Waals surface area contributed by atoms with Crippen molar-refractivity contribution in [2.45, 2.75) is 12.5 Å². The van der Waals surface area contributed by atoms with E-state index in [1.54, 1.807) is 14.2 Å². The van der Waals surface area contributed by atoms with Gasteiger partial charge in [0.05, 0.1) is 20.8 Å². The number of ether oxygens (including phenoxy) is 3. The number of hydrogen-bond donors (Lipinski definition) is 0. The molecule has 0 radical (unpaired) electrons. The van der Waals surface area contributed by atoms with E-state index in [9.17, 15) is 0 Å². The number of para-hydroxylation sites is 2. The maximum Gasteiger partial charge on any atom is 0.217 e. The normalized spacial score (nSPS) is 14.9. The van der Waals surface area contributed by atoms with Gasteiger partial charge in [0, 0.05) is 16.7 Å². The third-order valence-electron chi connectivity index (χ3n) is 5.18. The van der Waals surface area contributed by atoms with Crippen LogP contribution < -0.4 is 9.47 Å². The van der Waals surface area contributed by atoms with E-state index >= 15 is 0 Å². The zero-order chi connectivity index (χ0) is 19.6. The molecule has 1 heterocycles. The highest BCUT2D eigenvalue weighted by atomic mass is 16.5. The number of aryl methyl sites for hydroxylation is 1. The van der Waals surface area contributed by atoms with Gasteiger partial charge in [-0.1, -0.05) is 54.6 Å². The molecular weight excluding hydrogens is 350 g/mol. The highest BCUT2D eigenvalue weighted by Gasteiger charge is 2.46. The van der Waals surface area contributed by atoms with Gasteiger partial charge in [-0.3, -0.25) is 0 Å². The van der Waals surface area contributed by atoms with E-state index in [0.29, 0.717) is 12.4 Å².